The molecule has 2 aromatic carbocycles. The lowest BCUT2D eigenvalue weighted by Crippen LogP contribution is -2.12. The van der Waals surface area contributed by atoms with E-state index in [-0.39, 0.29) is 5.41 Å². The van der Waals surface area contributed by atoms with Crippen LogP contribution >= 0.6 is 0 Å². The Balaban J connectivity index is 1.60. The Bertz CT molecular complexity index is 1100. The smallest absolute Gasteiger partial charge is 0.299 e. The third-order valence-corrected chi connectivity index (χ3v) is 4.48. The van der Waals surface area contributed by atoms with E-state index in [1.165, 1.54) is 0 Å². The minimum absolute atomic E-state index is 0.0495. The van der Waals surface area contributed by atoms with Gasteiger partial charge in [0.2, 0.25) is 5.88 Å². The van der Waals surface area contributed by atoms with Gasteiger partial charge in [-0.1, -0.05) is 69.3 Å². The molecule has 0 atom stereocenters. The highest BCUT2D eigenvalue weighted by molar-refractivity contribution is 5.62. The number of benzene rings is 2. The second kappa shape index (κ2) is 7.80. The lowest BCUT2D eigenvalue weighted by molar-refractivity contribution is 0.441. The molecule has 146 valence electrons. The number of aromatic nitrogens is 2. The molecule has 0 radical (unpaired) electrons. The predicted octanol–water partition coefficient (Wildman–Crippen LogP) is 6.57. The lowest BCUT2D eigenvalue weighted by Gasteiger charge is -2.22. The van der Waals surface area contributed by atoms with Crippen LogP contribution in [0.1, 0.15) is 26.3 Å². The van der Waals surface area contributed by atoms with Crippen LogP contribution in [0.3, 0.4) is 0 Å². The maximum atomic E-state index is 6.19. The molecule has 0 amide bonds. The Morgan fingerprint density at radius 1 is 0.862 bits per heavy atom. The van der Waals surface area contributed by atoms with Crippen molar-refractivity contribution < 1.29 is 9.15 Å². The van der Waals surface area contributed by atoms with E-state index in [9.17, 15) is 0 Å². The molecule has 5 nitrogen and oxygen atoms in total. The summed E-state index contributed by atoms with van der Waals surface area (Å²) in [5, 5.41) is 3.18. The summed E-state index contributed by atoms with van der Waals surface area (Å²) in [7, 11) is 0. The van der Waals surface area contributed by atoms with Crippen molar-refractivity contribution in [3.63, 3.8) is 0 Å². The van der Waals surface area contributed by atoms with Crippen molar-refractivity contribution in [3.8, 4) is 23.0 Å². The molecule has 4 rings (SSSR count). The van der Waals surface area contributed by atoms with Crippen molar-refractivity contribution in [2.45, 2.75) is 26.2 Å². The second-order valence-electron chi connectivity index (χ2n) is 7.73. The summed E-state index contributed by atoms with van der Waals surface area (Å²) < 4.78 is 12.0. The number of ether oxygens (including phenoxy) is 1. The Kier molecular flexibility index (Phi) is 5.04. The minimum atomic E-state index is -0.0495. The van der Waals surface area contributed by atoms with Crippen LogP contribution in [0.25, 0.3) is 11.3 Å². The van der Waals surface area contributed by atoms with E-state index in [4.69, 9.17) is 9.15 Å². The summed E-state index contributed by atoms with van der Waals surface area (Å²) >= 11 is 0. The van der Waals surface area contributed by atoms with E-state index >= 15 is 0 Å². The summed E-state index contributed by atoms with van der Waals surface area (Å²) in [6, 6.07) is 22.0. The third-order valence-electron chi connectivity index (χ3n) is 4.48. The van der Waals surface area contributed by atoms with Crippen LogP contribution in [0.15, 0.2) is 83.5 Å². The zero-order valence-electron chi connectivity index (χ0n) is 16.7. The normalized spacial score (nSPS) is 11.3. The van der Waals surface area contributed by atoms with E-state index in [0.717, 1.165) is 16.9 Å². The molecular weight excluding hydrogens is 362 g/mol. The zero-order valence-corrected chi connectivity index (χ0v) is 16.7. The predicted molar refractivity (Wildman–Crippen MR) is 115 cm³/mol. The van der Waals surface area contributed by atoms with Gasteiger partial charge in [0.25, 0.3) is 6.01 Å². The van der Waals surface area contributed by atoms with Gasteiger partial charge in [-0.2, -0.15) is 0 Å². The molecule has 5 heteroatoms. The molecule has 2 aromatic heterocycles. The molecule has 29 heavy (non-hydrogen) atoms. The quantitative estimate of drug-likeness (QED) is 0.421. The van der Waals surface area contributed by atoms with Gasteiger partial charge < -0.3 is 14.5 Å². The first-order valence-electron chi connectivity index (χ1n) is 9.51. The van der Waals surface area contributed by atoms with Gasteiger partial charge in [-0.25, -0.2) is 9.97 Å². The van der Waals surface area contributed by atoms with Crippen LogP contribution in [0.4, 0.5) is 11.7 Å². The topological polar surface area (TPSA) is 60.2 Å². The number of hydrogen-bond acceptors (Lipinski definition) is 5. The molecular formula is C24H23N3O2. The Labute approximate surface area is 170 Å². The molecule has 4 aromatic rings. The number of rotatable bonds is 5. The maximum Gasteiger partial charge on any atom is 0.299 e. The first-order valence-corrected chi connectivity index (χ1v) is 9.51. The van der Waals surface area contributed by atoms with Crippen molar-refractivity contribution in [2.24, 2.45) is 0 Å². The van der Waals surface area contributed by atoms with Crippen LogP contribution < -0.4 is 10.1 Å². The fraction of sp³-hybridized carbons (Fsp3) is 0.167. The van der Waals surface area contributed by atoms with Crippen LogP contribution in [0.5, 0.6) is 11.6 Å². The molecule has 0 fully saturated rings. The van der Waals surface area contributed by atoms with Gasteiger partial charge >= 0.3 is 0 Å². The molecule has 0 spiro atoms. The average Bonchev–Trinajstić information content (AvgIpc) is 3.18. The molecule has 0 bridgehead atoms. The standard InChI is InChI=1S/C24H23N3O2/c1-24(2,3)18-12-7-8-14-20(18)28-22-19(13-9-15-25-22)27-23-26-16-21(29-23)17-10-5-4-6-11-17/h4-16H,1-3H3,(H,26,27). The number of pyridine rings is 1. The summed E-state index contributed by atoms with van der Waals surface area (Å²) in [4.78, 5) is 8.74. The highest BCUT2D eigenvalue weighted by Crippen LogP contribution is 2.36. The molecule has 0 saturated carbocycles. The van der Waals surface area contributed by atoms with Crippen molar-refractivity contribution in [1.82, 2.24) is 9.97 Å². The summed E-state index contributed by atoms with van der Waals surface area (Å²) in [6.07, 6.45) is 3.40. The Hall–Kier alpha value is -3.60. The Morgan fingerprint density at radius 2 is 1.62 bits per heavy atom. The minimum Gasteiger partial charge on any atom is -0.437 e. The van der Waals surface area contributed by atoms with Gasteiger partial charge in [-0.05, 0) is 23.6 Å². The van der Waals surface area contributed by atoms with Gasteiger partial charge in [-0.3, -0.25) is 0 Å². The molecule has 0 aliphatic heterocycles. The SMILES string of the molecule is CC(C)(C)c1ccccc1Oc1ncccc1Nc1ncc(-c2ccccc2)o1. The zero-order chi connectivity index (χ0) is 20.3. The first kappa shape index (κ1) is 18.7. The number of hydrogen-bond donors (Lipinski definition) is 1. The summed E-state index contributed by atoms with van der Waals surface area (Å²) in [6.45, 7) is 6.47. The van der Waals surface area contributed by atoms with E-state index in [0.29, 0.717) is 23.3 Å². The molecule has 0 saturated heterocycles. The maximum absolute atomic E-state index is 6.19. The number of oxazole rings is 1. The van der Waals surface area contributed by atoms with E-state index < -0.39 is 0 Å². The van der Waals surface area contributed by atoms with Crippen molar-refractivity contribution in [2.75, 3.05) is 5.32 Å². The van der Waals surface area contributed by atoms with Gasteiger partial charge in [0.1, 0.15) is 11.4 Å². The van der Waals surface area contributed by atoms with E-state index in [1.807, 2.05) is 60.7 Å². The van der Waals surface area contributed by atoms with Crippen LogP contribution in [-0.4, -0.2) is 9.97 Å². The van der Waals surface area contributed by atoms with Crippen LogP contribution in [-0.2, 0) is 5.41 Å². The largest absolute Gasteiger partial charge is 0.437 e. The number of nitrogens with zero attached hydrogens (tertiary/aromatic N) is 2. The fourth-order valence-corrected chi connectivity index (χ4v) is 3.03. The van der Waals surface area contributed by atoms with Crippen LogP contribution in [0.2, 0.25) is 0 Å². The van der Waals surface area contributed by atoms with Crippen molar-refractivity contribution >= 4 is 11.7 Å². The fourth-order valence-electron chi connectivity index (χ4n) is 3.03. The van der Waals surface area contributed by atoms with Gasteiger partial charge in [0, 0.05) is 17.3 Å². The van der Waals surface area contributed by atoms with Gasteiger partial charge in [0.05, 0.1) is 6.20 Å². The van der Waals surface area contributed by atoms with Crippen LogP contribution in [0, 0.1) is 0 Å². The second-order valence-corrected chi connectivity index (χ2v) is 7.73. The molecule has 0 aliphatic carbocycles. The average molecular weight is 385 g/mol. The van der Waals surface area contributed by atoms with Gasteiger partial charge in [0.15, 0.2) is 5.76 Å². The van der Waals surface area contributed by atoms with Crippen molar-refractivity contribution in [1.29, 1.82) is 0 Å². The van der Waals surface area contributed by atoms with E-state index in [1.54, 1.807) is 12.4 Å². The highest BCUT2D eigenvalue weighted by atomic mass is 16.5. The number of nitrogens with one attached hydrogen (secondary N) is 1. The monoisotopic (exact) mass is 385 g/mol. The molecule has 0 aliphatic rings. The molecule has 0 unspecified atom stereocenters. The molecule has 2 heterocycles. The third kappa shape index (κ3) is 4.29. The summed E-state index contributed by atoms with van der Waals surface area (Å²) in [5.74, 6) is 1.93. The number of para-hydroxylation sites is 1. The summed E-state index contributed by atoms with van der Waals surface area (Å²) in [5.41, 5.74) is 2.71. The highest BCUT2D eigenvalue weighted by Gasteiger charge is 2.20. The number of anilines is 2. The van der Waals surface area contributed by atoms with Gasteiger partial charge in [-0.15, -0.1) is 0 Å². The van der Waals surface area contributed by atoms with E-state index in [2.05, 4.69) is 42.1 Å². The van der Waals surface area contributed by atoms with Crippen molar-refractivity contribution in [3.05, 3.63) is 84.7 Å². The molecule has 1 N–H and O–H groups in total. The first-order chi connectivity index (χ1) is 14.0. The lowest BCUT2D eigenvalue weighted by atomic mass is 9.86. The Morgan fingerprint density at radius 3 is 2.41 bits per heavy atom.